The van der Waals surface area contributed by atoms with Crippen molar-refractivity contribution in [3.8, 4) is 0 Å². The fourth-order valence-electron chi connectivity index (χ4n) is 1.27. The predicted molar refractivity (Wildman–Crippen MR) is 65.8 cm³/mol. The molecule has 1 aromatic heterocycles. The highest BCUT2D eigenvalue weighted by Crippen LogP contribution is 2.14. The van der Waals surface area contributed by atoms with Crippen molar-refractivity contribution in [2.24, 2.45) is 0 Å². The molecule has 0 aliphatic heterocycles. The van der Waals surface area contributed by atoms with Gasteiger partial charge in [-0.3, -0.25) is 9.78 Å². The van der Waals surface area contributed by atoms with Gasteiger partial charge < -0.3 is 5.32 Å². The van der Waals surface area contributed by atoms with E-state index in [2.05, 4.69) is 10.3 Å². The van der Waals surface area contributed by atoms with Crippen LogP contribution in [0.15, 0.2) is 42.7 Å². The van der Waals surface area contributed by atoms with Crippen LogP contribution in [0.2, 0.25) is 0 Å². The second-order valence-corrected chi connectivity index (χ2v) is 3.32. The molecule has 0 saturated carbocycles. The van der Waals surface area contributed by atoms with Crippen LogP contribution in [0.25, 0.3) is 0 Å². The average Bonchev–Trinajstić information content (AvgIpc) is 2.35. The molecule has 1 heterocycles. The Morgan fingerprint density at radius 2 is 1.94 bits per heavy atom. The molecule has 0 spiro atoms. The van der Waals surface area contributed by atoms with E-state index in [4.69, 9.17) is 0 Å². The molecule has 0 aliphatic rings. The molecule has 2 aromatic rings. The van der Waals surface area contributed by atoms with Gasteiger partial charge in [0.15, 0.2) is 11.6 Å². The number of hydrogen-bond donors (Lipinski definition) is 1. The number of anilines is 1. The molecule has 94 valence electrons. The number of nitrogens with zero attached hydrogens (tertiary/aromatic N) is 1. The lowest BCUT2D eigenvalue weighted by Crippen LogP contribution is -2.12. The maximum absolute atomic E-state index is 12.9. The first-order chi connectivity index (χ1) is 8.16. The van der Waals surface area contributed by atoms with Crippen LogP contribution < -0.4 is 5.32 Å². The third-order valence-corrected chi connectivity index (χ3v) is 2.10. The Hall–Kier alpha value is -2.01. The lowest BCUT2D eigenvalue weighted by molar-refractivity contribution is 0.102. The summed E-state index contributed by atoms with van der Waals surface area (Å²) < 4.78 is 25.6. The van der Waals surface area contributed by atoms with Crippen LogP contribution in [0.3, 0.4) is 0 Å². The summed E-state index contributed by atoms with van der Waals surface area (Å²) in [6, 6.07) is 6.34. The minimum Gasteiger partial charge on any atom is -0.322 e. The standard InChI is InChI=1S/C12H8F2N2O.ClH/c13-10-4-3-9(6-11(10)14)16-12(17)8-2-1-5-15-7-8;/h1-7H,(H,16,17);1H. The zero-order valence-electron chi connectivity index (χ0n) is 9.06. The van der Waals surface area contributed by atoms with E-state index >= 15 is 0 Å². The zero-order chi connectivity index (χ0) is 12.3. The number of carbonyl (C=O) groups is 1. The molecule has 0 unspecified atom stereocenters. The van der Waals surface area contributed by atoms with Crippen molar-refractivity contribution in [2.45, 2.75) is 0 Å². The summed E-state index contributed by atoms with van der Waals surface area (Å²) in [6.45, 7) is 0. The van der Waals surface area contributed by atoms with Gasteiger partial charge in [0.25, 0.3) is 5.91 Å². The summed E-state index contributed by atoms with van der Waals surface area (Å²) >= 11 is 0. The summed E-state index contributed by atoms with van der Waals surface area (Å²) in [5, 5.41) is 2.44. The van der Waals surface area contributed by atoms with Crippen LogP contribution in [0.5, 0.6) is 0 Å². The first-order valence-corrected chi connectivity index (χ1v) is 4.83. The van der Waals surface area contributed by atoms with E-state index in [1.165, 1.54) is 18.5 Å². The number of nitrogens with one attached hydrogen (secondary N) is 1. The normalized spacial score (nSPS) is 9.44. The average molecular weight is 271 g/mol. The molecular weight excluding hydrogens is 262 g/mol. The van der Waals surface area contributed by atoms with E-state index in [0.29, 0.717) is 5.56 Å². The Morgan fingerprint density at radius 1 is 1.17 bits per heavy atom. The fraction of sp³-hybridized carbons (Fsp3) is 0. The molecule has 0 saturated heterocycles. The van der Waals surface area contributed by atoms with Gasteiger partial charge in [-0.05, 0) is 24.3 Å². The molecule has 1 amide bonds. The van der Waals surface area contributed by atoms with E-state index in [1.54, 1.807) is 12.1 Å². The van der Waals surface area contributed by atoms with Crippen LogP contribution in [-0.2, 0) is 0 Å². The van der Waals surface area contributed by atoms with Crippen molar-refractivity contribution in [1.82, 2.24) is 4.98 Å². The van der Waals surface area contributed by atoms with Crippen molar-refractivity contribution in [3.05, 3.63) is 59.9 Å². The largest absolute Gasteiger partial charge is 0.322 e. The van der Waals surface area contributed by atoms with Crippen molar-refractivity contribution in [3.63, 3.8) is 0 Å². The van der Waals surface area contributed by atoms with Gasteiger partial charge in [-0.1, -0.05) is 0 Å². The minimum absolute atomic E-state index is 0. The van der Waals surface area contributed by atoms with Crippen LogP contribution in [-0.4, -0.2) is 10.9 Å². The highest BCUT2D eigenvalue weighted by Gasteiger charge is 2.07. The van der Waals surface area contributed by atoms with E-state index in [9.17, 15) is 13.6 Å². The number of carbonyl (C=O) groups excluding carboxylic acids is 1. The van der Waals surface area contributed by atoms with Gasteiger partial charge in [-0.2, -0.15) is 0 Å². The van der Waals surface area contributed by atoms with E-state index < -0.39 is 17.5 Å². The van der Waals surface area contributed by atoms with Gasteiger partial charge in [0.1, 0.15) is 0 Å². The topological polar surface area (TPSA) is 42.0 Å². The Labute approximate surface area is 108 Å². The fourth-order valence-corrected chi connectivity index (χ4v) is 1.27. The van der Waals surface area contributed by atoms with Crippen LogP contribution in [0, 0.1) is 11.6 Å². The quantitative estimate of drug-likeness (QED) is 0.911. The summed E-state index contributed by atoms with van der Waals surface area (Å²) in [6.07, 6.45) is 2.92. The minimum atomic E-state index is -1.01. The Balaban J connectivity index is 0.00000162. The van der Waals surface area contributed by atoms with Gasteiger partial charge in [0, 0.05) is 24.1 Å². The number of rotatable bonds is 2. The summed E-state index contributed by atoms with van der Waals surface area (Å²) in [7, 11) is 0. The lowest BCUT2D eigenvalue weighted by atomic mass is 10.2. The van der Waals surface area contributed by atoms with Crippen molar-refractivity contribution in [2.75, 3.05) is 5.32 Å². The van der Waals surface area contributed by atoms with Gasteiger partial charge in [0.05, 0.1) is 5.56 Å². The van der Waals surface area contributed by atoms with Gasteiger partial charge in [-0.25, -0.2) is 8.78 Å². The number of amides is 1. The Kier molecular flexibility index (Phi) is 4.74. The Bertz CT molecular complexity index is 549. The molecule has 1 N–H and O–H groups in total. The first kappa shape index (κ1) is 14.1. The van der Waals surface area contributed by atoms with E-state index in [-0.39, 0.29) is 18.1 Å². The van der Waals surface area contributed by atoms with E-state index in [0.717, 1.165) is 12.1 Å². The summed E-state index contributed by atoms with van der Waals surface area (Å²) in [5.74, 6) is -2.39. The SMILES string of the molecule is Cl.O=C(Nc1ccc(F)c(F)c1)c1cccnc1. The van der Waals surface area contributed by atoms with Gasteiger partial charge >= 0.3 is 0 Å². The molecule has 0 bridgehead atoms. The lowest BCUT2D eigenvalue weighted by Gasteiger charge is -2.04. The molecule has 1 aromatic carbocycles. The van der Waals surface area contributed by atoms with E-state index in [1.807, 2.05) is 0 Å². The van der Waals surface area contributed by atoms with Gasteiger partial charge in [0.2, 0.25) is 0 Å². The molecule has 0 atom stereocenters. The second kappa shape index (κ2) is 6.07. The number of benzene rings is 1. The van der Waals surface area contributed by atoms with Crippen molar-refractivity contribution >= 4 is 24.0 Å². The van der Waals surface area contributed by atoms with Crippen molar-refractivity contribution < 1.29 is 13.6 Å². The predicted octanol–water partition coefficient (Wildman–Crippen LogP) is 3.03. The Morgan fingerprint density at radius 3 is 2.56 bits per heavy atom. The third-order valence-electron chi connectivity index (χ3n) is 2.10. The summed E-state index contributed by atoms with van der Waals surface area (Å²) in [4.78, 5) is 15.4. The smallest absolute Gasteiger partial charge is 0.257 e. The highest BCUT2D eigenvalue weighted by atomic mass is 35.5. The third kappa shape index (κ3) is 3.24. The summed E-state index contributed by atoms with van der Waals surface area (Å²) in [5.41, 5.74) is 0.537. The molecule has 2 rings (SSSR count). The number of aromatic nitrogens is 1. The molecule has 0 radical (unpaired) electrons. The molecule has 3 nitrogen and oxygen atoms in total. The number of hydrogen-bond acceptors (Lipinski definition) is 2. The van der Waals surface area contributed by atoms with Crippen LogP contribution in [0.4, 0.5) is 14.5 Å². The number of pyridine rings is 1. The zero-order valence-corrected chi connectivity index (χ0v) is 9.88. The first-order valence-electron chi connectivity index (χ1n) is 4.83. The van der Waals surface area contributed by atoms with Crippen molar-refractivity contribution in [1.29, 1.82) is 0 Å². The van der Waals surface area contributed by atoms with Gasteiger partial charge in [-0.15, -0.1) is 12.4 Å². The highest BCUT2D eigenvalue weighted by molar-refractivity contribution is 6.03. The maximum atomic E-state index is 12.9. The molecular formula is C12H9ClF2N2O. The molecule has 6 heteroatoms. The number of halogens is 3. The van der Waals surface area contributed by atoms with Crippen LogP contribution >= 0.6 is 12.4 Å². The molecule has 18 heavy (non-hydrogen) atoms. The monoisotopic (exact) mass is 270 g/mol. The second-order valence-electron chi connectivity index (χ2n) is 3.32. The maximum Gasteiger partial charge on any atom is 0.257 e. The van der Waals surface area contributed by atoms with Crippen LogP contribution in [0.1, 0.15) is 10.4 Å². The molecule has 0 aliphatic carbocycles. The molecule has 0 fully saturated rings.